The lowest BCUT2D eigenvalue weighted by Crippen LogP contribution is -1.90. The summed E-state index contributed by atoms with van der Waals surface area (Å²) in [6, 6.07) is 7.70. The van der Waals surface area contributed by atoms with Gasteiger partial charge in [-0.3, -0.25) is 14.9 Å². The second-order valence-corrected chi connectivity index (χ2v) is 4.61. The summed E-state index contributed by atoms with van der Waals surface area (Å²) in [5, 5.41) is 10.7. The number of carbonyl (C=O) groups is 1. The van der Waals surface area contributed by atoms with Crippen molar-refractivity contribution < 1.29 is 9.72 Å². The topological polar surface area (TPSA) is 86.0 Å². The van der Waals surface area contributed by atoms with Crippen LogP contribution >= 0.6 is 11.8 Å². The third kappa shape index (κ3) is 3.99. The van der Waals surface area contributed by atoms with E-state index in [4.69, 9.17) is 0 Å². The van der Waals surface area contributed by atoms with E-state index in [0.717, 1.165) is 11.8 Å². The van der Waals surface area contributed by atoms with Crippen molar-refractivity contribution in [2.45, 2.75) is 5.16 Å². The zero-order valence-electron chi connectivity index (χ0n) is 10.2. The van der Waals surface area contributed by atoms with E-state index in [1.165, 1.54) is 24.3 Å². The molecule has 6 nitrogen and oxygen atoms in total. The number of rotatable bonds is 4. The van der Waals surface area contributed by atoms with E-state index in [2.05, 4.69) is 9.97 Å². The van der Waals surface area contributed by atoms with Crippen molar-refractivity contribution in [3.05, 3.63) is 64.5 Å². The maximum atomic E-state index is 11.7. The van der Waals surface area contributed by atoms with Crippen LogP contribution in [0.3, 0.4) is 0 Å². The first kappa shape index (κ1) is 13.9. The summed E-state index contributed by atoms with van der Waals surface area (Å²) in [4.78, 5) is 29.7. The Kier molecular flexibility index (Phi) is 4.56. The van der Waals surface area contributed by atoms with Gasteiger partial charge in [-0.2, -0.15) is 0 Å². The van der Waals surface area contributed by atoms with E-state index in [-0.39, 0.29) is 10.8 Å². The zero-order chi connectivity index (χ0) is 14.4. The molecule has 2 aromatic rings. The molecular formula is C13H9N3O3S. The highest BCUT2D eigenvalue weighted by atomic mass is 32.2. The molecule has 0 saturated carbocycles. The minimum Gasteiger partial charge on any atom is -0.282 e. The summed E-state index contributed by atoms with van der Waals surface area (Å²) >= 11 is 0.892. The Bertz CT molecular complexity index is 659. The van der Waals surface area contributed by atoms with Gasteiger partial charge < -0.3 is 0 Å². The molecule has 0 radical (unpaired) electrons. The number of non-ortho nitro benzene ring substituents is 1. The summed E-state index contributed by atoms with van der Waals surface area (Å²) in [6.45, 7) is 0. The molecule has 0 aliphatic carbocycles. The van der Waals surface area contributed by atoms with Crippen LogP contribution in [0.1, 0.15) is 5.56 Å². The largest absolute Gasteiger partial charge is 0.282 e. The first-order chi connectivity index (χ1) is 9.65. The van der Waals surface area contributed by atoms with Gasteiger partial charge in [-0.1, -0.05) is 18.2 Å². The van der Waals surface area contributed by atoms with Crippen molar-refractivity contribution in [2.24, 2.45) is 0 Å². The second kappa shape index (κ2) is 6.58. The van der Waals surface area contributed by atoms with Gasteiger partial charge in [-0.05, 0) is 29.5 Å². The number of nitrogens with zero attached hydrogens (tertiary/aromatic N) is 3. The highest BCUT2D eigenvalue weighted by molar-refractivity contribution is 8.13. The second-order valence-electron chi connectivity index (χ2n) is 3.64. The van der Waals surface area contributed by atoms with E-state index >= 15 is 0 Å². The molecular weight excluding hydrogens is 278 g/mol. The van der Waals surface area contributed by atoms with Gasteiger partial charge in [0.1, 0.15) is 0 Å². The average molecular weight is 287 g/mol. The number of aromatic nitrogens is 2. The molecule has 0 aliphatic rings. The molecule has 0 saturated heterocycles. The molecule has 1 aromatic heterocycles. The molecule has 1 heterocycles. The molecule has 2 rings (SSSR count). The molecule has 7 heteroatoms. The average Bonchev–Trinajstić information content (AvgIpc) is 2.46. The van der Waals surface area contributed by atoms with E-state index in [0.29, 0.717) is 10.7 Å². The molecule has 0 bridgehead atoms. The maximum Gasteiger partial charge on any atom is 0.270 e. The van der Waals surface area contributed by atoms with Gasteiger partial charge in [-0.25, -0.2) is 9.97 Å². The minimum absolute atomic E-state index is 0.0151. The minimum atomic E-state index is -0.480. The van der Waals surface area contributed by atoms with Gasteiger partial charge in [0.25, 0.3) is 5.69 Å². The van der Waals surface area contributed by atoms with Gasteiger partial charge >= 0.3 is 0 Å². The predicted molar refractivity (Wildman–Crippen MR) is 75.0 cm³/mol. The Morgan fingerprint density at radius 1 is 1.25 bits per heavy atom. The van der Waals surface area contributed by atoms with Crippen LogP contribution in [0.25, 0.3) is 6.08 Å². The summed E-state index contributed by atoms with van der Waals surface area (Å²) in [7, 11) is 0. The monoisotopic (exact) mass is 287 g/mol. The molecule has 0 N–H and O–H groups in total. The summed E-state index contributed by atoms with van der Waals surface area (Å²) in [6.07, 6.45) is 5.95. The van der Waals surface area contributed by atoms with Crippen LogP contribution in [0, 0.1) is 10.1 Å². The molecule has 0 aliphatic heterocycles. The van der Waals surface area contributed by atoms with Gasteiger partial charge in [0.15, 0.2) is 5.16 Å². The van der Waals surface area contributed by atoms with E-state index < -0.39 is 4.92 Å². The van der Waals surface area contributed by atoms with Gasteiger partial charge in [-0.15, -0.1) is 0 Å². The normalized spacial score (nSPS) is 10.6. The number of nitro benzene ring substituents is 1. The Labute approximate surface area is 118 Å². The molecule has 0 unspecified atom stereocenters. The molecule has 100 valence electrons. The standard InChI is InChI=1S/C13H9N3O3S/c17-12(20-13-14-7-2-8-15-13)6-5-10-3-1-4-11(9-10)16(18)19/h1-9H. The van der Waals surface area contributed by atoms with Crippen molar-refractivity contribution in [1.82, 2.24) is 9.97 Å². The van der Waals surface area contributed by atoms with E-state index in [1.807, 2.05) is 0 Å². The third-order valence-corrected chi connectivity index (χ3v) is 2.96. The van der Waals surface area contributed by atoms with Gasteiger partial charge in [0.05, 0.1) is 4.92 Å². The highest BCUT2D eigenvalue weighted by Crippen LogP contribution is 2.16. The van der Waals surface area contributed by atoms with Gasteiger partial charge in [0, 0.05) is 24.5 Å². The van der Waals surface area contributed by atoms with Crippen molar-refractivity contribution in [1.29, 1.82) is 0 Å². The number of nitro groups is 1. The van der Waals surface area contributed by atoms with Crippen LogP contribution < -0.4 is 0 Å². The number of hydrogen-bond donors (Lipinski definition) is 0. The van der Waals surface area contributed by atoms with Crippen molar-refractivity contribution in [3.63, 3.8) is 0 Å². The van der Waals surface area contributed by atoms with E-state index in [1.54, 1.807) is 30.6 Å². The summed E-state index contributed by atoms with van der Waals surface area (Å²) in [5.41, 5.74) is 0.570. The summed E-state index contributed by atoms with van der Waals surface area (Å²) < 4.78 is 0. The Morgan fingerprint density at radius 3 is 2.70 bits per heavy atom. The number of hydrogen-bond acceptors (Lipinski definition) is 6. The smallest absolute Gasteiger partial charge is 0.270 e. The van der Waals surface area contributed by atoms with Crippen molar-refractivity contribution in [3.8, 4) is 0 Å². The fourth-order valence-electron chi connectivity index (χ4n) is 1.37. The Hall–Kier alpha value is -2.54. The lowest BCUT2D eigenvalue weighted by molar-refractivity contribution is -0.384. The first-order valence-corrected chi connectivity index (χ1v) is 6.38. The van der Waals surface area contributed by atoms with Gasteiger partial charge in [0.2, 0.25) is 5.12 Å². The lowest BCUT2D eigenvalue weighted by Gasteiger charge is -1.95. The highest BCUT2D eigenvalue weighted by Gasteiger charge is 2.05. The molecule has 0 spiro atoms. The van der Waals surface area contributed by atoms with Crippen LogP contribution in [0.4, 0.5) is 5.69 Å². The van der Waals surface area contributed by atoms with Crippen molar-refractivity contribution >= 4 is 28.6 Å². The fourth-order valence-corrected chi connectivity index (χ4v) is 1.91. The van der Waals surface area contributed by atoms with Crippen LogP contribution in [0.2, 0.25) is 0 Å². The maximum absolute atomic E-state index is 11.7. The van der Waals surface area contributed by atoms with Crippen LogP contribution in [0.15, 0.2) is 54.0 Å². The molecule has 20 heavy (non-hydrogen) atoms. The molecule has 0 fully saturated rings. The number of benzene rings is 1. The Morgan fingerprint density at radius 2 is 2.00 bits per heavy atom. The fraction of sp³-hybridized carbons (Fsp3) is 0. The predicted octanol–water partition coefficient (Wildman–Crippen LogP) is 2.72. The van der Waals surface area contributed by atoms with Crippen LogP contribution in [0.5, 0.6) is 0 Å². The molecule has 1 aromatic carbocycles. The Balaban J connectivity index is 2.04. The third-order valence-electron chi connectivity index (χ3n) is 2.23. The van der Waals surface area contributed by atoms with Crippen LogP contribution in [-0.2, 0) is 4.79 Å². The quantitative estimate of drug-likeness (QED) is 0.282. The summed E-state index contributed by atoms with van der Waals surface area (Å²) in [5.74, 6) is 0. The number of thioether (sulfide) groups is 1. The van der Waals surface area contributed by atoms with Crippen LogP contribution in [-0.4, -0.2) is 20.0 Å². The van der Waals surface area contributed by atoms with Crippen molar-refractivity contribution in [2.75, 3.05) is 0 Å². The zero-order valence-corrected chi connectivity index (χ0v) is 11.0. The lowest BCUT2D eigenvalue weighted by atomic mass is 10.2. The SMILES string of the molecule is O=C(C=Cc1cccc([N+](=O)[O-])c1)Sc1ncccn1. The van der Waals surface area contributed by atoms with E-state index in [9.17, 15) is 14.9 Å². The first-order valence-electron chi connectivity index (χ1n) is 5.56. The number of carbonyl (C=O) groups excluding carboxylic acids is 1. The molecule has 0 atom stereocenters. The molecule has 0 amide bonds.